The molecule has 0 atom stereocenters. The topological polar surface area (TPSA) is 66.7 Å². The summed E-state index contributed by atoms with van der Waals surface area (Å²) in [4.78, 5) is 0. The normalized spacial score (nSPS) is 12.0. The van der Waals surface area contributed by atoms with E-state index >= 15 is 0 Å². The van der Waals surface area contributed by atoms with E-state index in [1.165, 1.54) is 6.07 Å². The molecule has 0 radical (unpaired) electrons. The van der Waals surface area contributed by atoms with Gasteiger partial charge < -0.3 is 5.43 Å². The van der Waals surface area contributed by atoms with Gasteiger partial charge in [-0.05, 0) is 18.2 Å². The lowest BCUT2D eigenvalue weighted by molar-refractivity contribution is -0.137. The zero-order valence-corrected chi connectivity index (χ0v) is 7.39. The van der Waals surface area contributed by atoms with Crippen LogP contribution in [0.15, 0.2) is 18.2 Å². The third kappa shape index (κ3) is 1.61. The van der Waals surface area contributed by atoms with E-state index in [0.29, 0.717) is 10.9 Å². The second kappa shape index (κ2) is 3.13. The molecule has 1 heterocycles. The number of H-pyrrole nitrogens is 1. The first kappa shape index (κ1) is 9.78. The number of hydrogen-bond acceptors (Lipinski definition) is 3. The fraction of sp³-hybridized carbons (Fsp3) is 0.125. The average molecular weight is 216 g/mol. The van der Waals surface area contributed by atoms with E-state index < -0.39 is 11.7 Å². The van der Waals surface area contributed by atoms with Crippen LogP contribution in [0.4, 0.5) is 19.0 Å². The Hall–Kier alpha value is -1.76. The van der Waals surface area contributed by atoms with Crippen molar-refractivity contribution >= 4 is 16.7 Å². The van der Waals surface area contributed by atoms with E-state index in [-0.39, 0.29) is 5.82 Å². The number of hydrazine groups is 1. The molecule has 0 spiro atoms. The SMILES string of the molecule is NNc1n[nH]c2ccc(C(F)(F)F)cc12. The van der Waals surface area contributed by atoms with Gasteiger partial charge >= 0.3 is 6.18 Å². The first-order valence-corrected chi connectivity index (χ1v) is 4.04. The Morgan fingerprint density at radius 2 is 2.07 bits per heavy atom. The Kier molecular flexibility index (Phi) is 2.04. The van der Waals surface area contributed by atoms with Crippen LogP contribution in [-0.4, -0.2) is 10.2 Å². The molecule has 1 aromatic carbocycles. The maximum Gasteiger partial charge on any atom is 0.416 e. The number of nitrogen functional groups attached to an aromatic ring is 1. The summed E-state index contributed by atoms with van der Waals surface area (Å²) in [5, 5.41) is 6.58. The predicted octanol–water partition coefficient (Wildman–Crippen LogP) is 1.87. The Morgan fingerprint density at radius 3 is 2.67 bits per heavy atom. The molecule has 1 aromatic heterocycles. The first-order valence-electron chi connectivity index (χ1n) is 4.04. The van der Waals surface area contributed by atoms with Gasteiger partial charge in [0.2, 0.25) is 0 Å². The van der Waals surface area contributed by atoms with E-state index in [4.69, 9.17) is 5.84 Å². The molecule has 2 aromatic rings. The number of rotatable bonds is 1. The van der Waals surface area contributed by atoms with Crippen LogP contribution in [0.5, 0.6) is 0 Å². The van der Waals surface area contributed by atoms with Crippen LogP contribution in [0.3, 0.4) is 0 Å². The lowest BCUT2D eigenvalue weighted by Gasteiger charge is -2.05. The molecule has 2 rings (SSSR count). The second-order valence-electron chi connectivity index (χ2n) is 2.97. The average Bonchev–Trinajstić information content (AvgIpc) is 2.57. The highest BCUT2D eigenvalue weighted by atomic mass is 19.4. The number of aromatic amines is 1. The monoisotopic (exact) mass is 216 g/mol. The van der Waals surface area contributed by atoms with Gasteiger partial charge in [0.15, 0.2) is 5.82 Å². The van der Waals surface area contributed by atoms with Crippen LogP contribution in [-0.2, 0) is 6.18 Å². The van der Waals surface area contributed by atoms with Crippen molar-refractivity contribution in [2.45, 2.75) is 6.18 Å². The number of alkyl halides is 3. The van der Waals surface area contributed by atoms with Crippen molar-refractivity contribution in [2.24, 2.45) is 5.84 Å². The Labute approximate surface area is 82.2 Å². The molecule has 0 fully saturated rings. The van der Waals surface area contributed by atoms with Gasteiger partial charge in [0.25, 0.3) is 0 Å². The standard InChI is InChI=1S/C8H7F3N4/c9-8(10,11)4-1-2-6-5(3-4)7(13-12)15-14-6/h1-3H,12H2,(H2,13,14,15). The third-order valence-electron chi connectivity index (χ3n) is 2.03. The Bertz CT molecular complexity index is 488. The van der Waals surface area contributed by atoms with Crippen molar-refractivity contribution in [1.82, 2.24) is 10.2 Å². The number of nitrogens with one attached hydrogen (secondary N) is 2. The van der Waals surface area contributed by atoms with Crippen molar-refractivity contribution < 1.29 is 13.2 Å². The minimum atomic E-state index is -4.36. The fourth-order valence-corrected chi connectivity index (χ4v) is 1.30. The molecule has 0 aliphatic rings. The van der Waals surface area contributed by atoms with Crippen molar-refractivity contribution in [3.8, 4) is 0 Å². The van der Waals surface area contributed by atoms with Crippen LogP contribution in [0.25, 0.3) is 10.9 Å². The summed E-state index contributed by atoms with van der Waals surface area (Å²) >= 11 is 0. The van der Waals surface area contributed by atoms with Gasteiger partial charge in [0, 0.05) is 5.39 Å². The molecule has 4 nitrogen and oxygen atoms in total. The van der Waals surface area contributed by atoms with Gasteiger partial charge in [-0.3, -0.25) is 5.10 Å². The van der Waals surface area contributed by atoms with Gasteiger partial charge in [-0.25, -0.2) is 5.84 Å². The first-order chi connectivity index (χ1) is 7.02. The van der Waals surface area contributed by atoms with Crippen LogP contribution >= 0.6 is 0 Å². The number of hydrogen-bond donors (Lipinski definition) is 3. The number of nitrogens with zero attached hydrogens (tertiary/aromatic N) is 1. The van der Waals surface area contributed by atoms with E-state index in [0.717, 1.165) is 12.1 Å². The predicted molar refractivity (Wildman–Crippen MR) is 48.9 cm³/mol. The highest BCUT2D eigenvalue weighted by molar-refractivity contribution is 5.90. The van der Waals surface area contributed by atoms with Crippen LogP contribution in [0.2, 0.25) is 0 Å². The van der Waals surface area contributed by atoms with Gasteiger partial charge in [0.05, 0.1) is 11.1 Å². The minimum absolute atomic E-state index is 0.191. The van der Waals surface area contributed by atoms with Crippen LogP contribution < -0.4 is 11.3 Å². The summed E-state index contributed by atoms with van der Waals surface area (Å²) in [6, 6.07) is 3.29. The van der Waals surface area contributed by atoms with Crippen molar-refractivity contribution in [3.05, 3.63) is 23.8 Å². The summed E-state index contributed by atoms with van der Waals surface area (Å²) < 4.78 is 37.1. The largest absolute Gasteiger partial charge is 0.416 e. The number of anilines is 1. The van der Waals surface area contributed by atoms with E-state index in [1.54, 1.807) is 0 Å². The Morgan fingerprint density at radius 1 is 1.33 bits per heavy atom. The van der Waals surface area contributed by atoms with Crippen molar-refractivity contribution in [1.29, 1.82) is 0 Å². The quantitative estimate of drug-likeness (QED) is 0.503. The van der Waals surface area contributed by atoms with Gasteiger partial charge in [0.1, 0.15) is 0 Å². The molecule has 0 saturated heterocycles. The molecule has 0 aliphatic heterocycles. The molecule has 0 aliphatic carbocycles. The summed E-state index contributed by atoms with van der Waals surface area (Å²) in [5.41, 5.74) is 1.99. The molecular formula is C8H7F3N4. The number of halogens is 3. The number of fused-ring (bicyclic) bond motifs is 1. The van der Waals surface area contributed by atoms with Gasteiger partial charge in [-0.15, -0.1) is 0 Å². The van der Waals surface area contributed by atoms with E-state index in [1.807, 2.05) is 0 Å². The lowest BCUT2D eigenvalue weighted by Crippen LogP contribution is -2.08. The smallest absolute Gasteiger partial charge is 0.306 e. The molecule has 0 amide bonds. The zero-order chi connectivity index (χ0) is 11.1. The molecule has 15 heavy (non-hydrogen) atoms. The molecule has 0 bridgehead atoms. The lowest BCUT2D eigenvalue weighted by atomic mass is 10.1. The molecular weight excluding hydrogens is 209 g/mol. The second-order valence-corrected chi connectivity index (χ2v) is 2.97. The summed E-state index contributed by atoms with van der Waals surface area (Å²) in [7, 11) is 0. The molecule has 0 saturated carbocycles. The minimum Gasteiger partial charge on any atom is -0.306 e. The highest BCUT2D eigenvalue weighted by Crippen LogP contribution is 2.32. The van der Waals surface area contributed by atoms with Crippen molar-refractivity contribution in [3.63, 3.8) is 0 Å². The number of aromatic nitrogens is 2. The Balaban J connectivity index is 2.63. The van der Waals surface area contributed by atoms with Gasteiger partial charge in [-0.2, -0.15) is 18.3 Å². The highest BCUT2D eigenvalue weighted by Gasteiger charge is 2.30. The molecule has 7 heteroatoms. The molecule has 4 N–H and O–H groups in total. The van der Waals surface area contributed by atoms with Crippen molar-refractivity contribution in [2.75, 3.05) is 5.43 Å². The summed E-state index contributed by atoms with van der Waals surface area (Å²) in [5.74, 6) is 5.30. The van der Waals surface area contributed by atoms with E-state index in [9.17, 15) is 13.2 Å². The number of benzene rings is 1. The maximum atomic E-state index is 12.4. The fourth-order valence-electron chi connectivity index (χ4n) is 1.30. The third-order valence-corrected chi connectivity index (χ3v) is 2.03. The molecule has 0 unspecified atom stereocenters. The van der Waals surface area contributed by atoms with E-state index in [2.05, 4.69) is 15.6 Å². The molecule has 80 valence electrons. The summed E-state index contributed by atoms with van der Waals surface area (Å²) in [6.07, 6.45) is -4.36. The van der Waals surface area contributed by atoms with Crippen LogP contribution in [0.1, 0.15) is 5.56 Å². The zero-order valence-electron chi connectivity index (χ0n) is 7.39. The number of nitrogens with two attached hydrogens (primary N) is 1. The van der Waals surface area contributed by atoms with Crippen LogP contribution in [0, 0.1) is 0 Å². The maximum absolute atomic E-state index is 12.4. The summed E-state index contributed by atoms with van der Waals surface area (Å²) in [6.45, 7) is 0. The van der Waals surface area contributed by atoms with Gasteiger partial charge in [-0.1, -0.05) is 0 Å².